The number of aryl methyl sites for hydroxylation is 1. The number of anilines is 1. The number of hydrogen-bond acceptors (Lipinski definition) is 4. The average Bonchev–Trinajstić information content (AvgIpc) is 2.88. The van der Waals surface area contributed by atoms with Crippen LogP contribution in [0.4, 0.5) is 5.69 Å². The summed E-state index contributed by atoms with van der Waals surface area (Å²) in [5, 5.41) is 11.7. The van der Waals surface area contributed by atoms with Gasteiger partial charge in [-0.2, -0.15) is 0 Å². The van der Waals surface area contributed by atoms with E-state index in [1.165, 1.54) is 19.1 Å². The van der Waals surface area contributed by atoms with Crippen molar-refractivity contribution in [2.24, 2.45) is 0 Å². The second-order valence-corrected chi connectivity index (χ2v) is 6.29. The molecular weight excluding hydrogens is 334 g/mol. The van der Waals surface area contributed by atoms with Crippen LogP contribution in [0.2, 0.25) is 0 Å². The zero-order valence-electron chi connectivity index (χ0n) is 14.5. The predicted molar refractivity (Wildman–Crippen MR) is 95.2 cm³/mol. The molecule has 1 aliphatic rings. The van der Waals surface area contributed by atoms with Gasteiger partial charge >= 0.3 is 5.97 Å². The standard InChI is InChI=1S/C19H19N3O4/c1-11-10-16(18(24)22(11)13-6-4-3-5-7-13)21-17(23)15-9-8-14(19(25)26)12(2)20-15/h3-9,11,16H,10H2,1-2H3,(H,21,23)(H,25,26). The van der Waals surface area contributed by atoms with Crippen molar-refractivity contribution in [1.29, 1.82) is 0 Å². The number of nitrogens with zero attached hydrogens (tertiary/aromatic N) is 2. The third-order valence-electron chi connectivity index (χ3n) is 4.44. The highest BCUT2D eigenvalue weighted by atomic mass is 16.4. The van der Waals surface area contributed by atoms with Gasteiger partial charge in [-0.15, -0.1) is 0 Å². The maximum atomic E-state index is 12.7. The highest BCUT2D eigenvalue weighted by molar-refractivity contribution is 6.04. The Kier molecular flexibility index (Phi) is 4.71. The smallest absolute Gasteiger partial charge is 0.337 e. The molecule has 0 aliphatic carbocycles. The normalized spacial score (nSPS) is 19.5. The van der Waals surface area contributed by atoms with Gasteiger partial charge in [0.05, 0.1) is 11.3 Å². The van der Waals surface area contributed by atoms with Gasteiger partial charge in [-0.3, -0.25) is 9.59 Å². The summed E-state index contributed by atoms with van der Waals surface area (Å²) in [6.45, 7) is 3.46. The minimum Gasteiger partial charge on any atom is -0.478 e. The SMILES string of the molecule is Cc1nc(C(=O)NC2CC(C)N(c3ccccc3)C2=O)ccc1C(=O)O. The molecule has 1 aromatic heterocycles. The second kappa shape index (κ2) is 6.95. The van der Waals surface area contributed by atoms with Crippen molar-refractivity contribution in [3.63, 3.8) is 0 Å². The van der Waals surface area contributed by atoms with Crippen LogP contribution in [-0.4, -0.2) is 40.0 Å². The van der Waals surface area contributed by atoms with Crippen LogP contribution in [0.5, 0.6) is 0 Å². The van der Waals surface area contributed by atoms with Crippen molar-refractivity contribution in [2.75, 3.05) is 4.90 Å². The van der Waals surface area contributed by atoms with Gasteiger partial charge in [-0.1, -0.05) is 18.2 Å². The van der Waals surface area contributed by atoms with Gasteiger partial charge in [-0.05, 0) is 44.5 Å². The van der Waals surface area contributed by atoms with Crippen LogP contribution in [0.1, 0.15) is 39.9 Å². The Labute approximate surface area is 150 Å². The monoisotopic (exact) mass is 353 g/mol. The van der Waals surface area contributed by atoms with Crippen LogP contribution in [0.3, 0.4) is 0 Å². The van der Waals surface area contributed by atoms with Crippen molar-refractivity contribution in [3.05, 3.63) is 59.4 Å². The molecule has 2 N–H and O–H groups in total. The molecule has 2 unspecified atom stereocenters. The Morgan fingerprint density at radius 1 is 1.19 bits per heavy atom. The summed E-state index contributed by atoms with van der Waals surface area (Å²) in [7, 11) is 0. The first-order chi connectivity index (χ1) is 12.4. The first-order valence-electron chi connectivity index (χ1n) is 8.28. The quantitative estimate of drug-likeness (QED) is 0.876. The lowest BCUT2D eigenvalue weighted by Gasteiger charge is -2.21. The van der Waals surface area contributed by atoms with Crippen molar-refractivity contribution < 1.29 is 19.5 Å². The van der Waals surface area contributed by atoms with E-state index in [0.29, 0.717) is 6.42 Å². The fourth-order valence-electron chi connectivity index (χ4n) is 3.17. The molecule has 26 heavy (non-hydrogen) atoms. The van der Waals surface area contributed by atoms with Gasteiger partial charge < -0.3 is 15.3 Å². The molecule has 134 valence electrons. The number of hydrogen-bond donors (Lipinski definition) is 2. The summed E-state index contributed by atoms with van der Waals surface area (Å²) in [4.78, 5) is 41.9. The Morgan fingerprint density at radius 3 is 2.50 bits per heavy atom. The fraction of sp³-hybridized carbons (Fsp3) is 0.263. The van der Waals surface area contributed by atoms with Crippen molar-refractivity contribution >= 4 is 23.5 Å². The lowest BCUT2D eigenvalue weighted by molar-refractivity contribution is -0.118. The number of para-hydroxylation sites is 1. The topological polar surface area (TPSA) is 99.6 Å². The van der Waals surface area contributed by atoms with Gasteiger partial charge in [-0.25, -0.2) is 9.78 Å². The van der Waals surface area contributed by atoms with Gasteiger partial charge in [0, 0.05) is 11.7 Å². The van der Waals surface area contributed by atoms with Gasteiger partial charge in [0.25, 0.3) is 5.91 Å². The Hall–Kier alpha value is -3.22. The number of aromatic nitrogens is 1. The van der Waals surface area contributed by atoms with Crippen LogP contribution in [0, 0.1) is 6.92 Å². The van der Waals surface area contributed by atoms with E-state index in [-0.39, 0.29) is 28.9 Å². The van der Waals surface area contributed by atoms with E-state index in [2.05, 4.69) is 10.3 Å². The Bertz CT molecular complexity index is 866. The molecule has 0 radical (unpaired) electrons. The molecular formula is C19H19N3O4. The molecule has 0 saturated carbocycles. The van der Waals surface area contributed by atoms with Gasteiger partial charge in [0.2, 0.25) is 5.91 Å². The summed E-state index contributed by atoms with van der Waals surface area (Å²) < 4.78 is 0. The zero-order chi connectivity index (χ0) is 18.8. The summed E-state index contributed by atoms with van der Waals surface area (Å²) in [5.41, 5.74) is 1.18. The third-order valence-corrected chi connectivity index (χ3v) is 4.44. The predicted octanol–water partition coefficient (Wildman–Crippen LogP) is 2.01. The highest BCUT2D eigenvalue weighted by Crippen LogP contribution is 2.26. The number of carboxylic acid groups (broad SMARTS) is 1. The van der Waals surface area contributed by atoms with E-state index < -0.39 is 17.9 Å². The van der Waals surface area contributed by atoms with Crippen LogP contribution in [0.25, 0.3) is 0 Å². The summed E-state index contributed by atoms with van der Waals surface area (Å²) in [6.07, 6.45) is 0.492. The number of carboxylic acids is 1. The van der Waals surface area contributed by atoms with Crippen LogP contribution in [0.15, 0.2) is 42.5 Å². The number of rotatable bonds is 4. The maximum absolute atomic E-state index is 12.7. The van der Waals surface area contributed by atoms with E-state index in [4.69, 9.17) is 5.11 Å². The molecule has 2 atom stereocenters. The average molecular weight is 353 g/mol. The number of benzene rings is 1. The van der Waals surface area contributed by atoms with Crippen LogP contribution < -0.4 is 10.2 Å². The Morgan fingerprint density at radius 2 is 1.88 bits per heavy atom. The zero-order valence-corrected chi connectivity index (χ0v) is 14.5. The molecule has 2 amide bonds. The number of carbonyl (C=O) groups excluding carboxylic acids is 2. The molecule has 1 aliphatic heterocycles. The largest absolute Gasteiger partial charge is 0.478 e. The second-order valence-electron chi connectivity index (χ2n) is 6.29. The molecule has 1 saturated heterocycles. The minimum atomic E-state index is -1.10. The highest BCUT2D eigenvalue weighted by Gasteiger charge is 2.39. The number of nitrogens with one attached hydrogen (secondary N) is 1. The maximum Gasteiger partial charge on any atom is 0.337 e. The first kappa shape index (κ1) is 17.6. The minimum absolute atomic E-state index is 0.0423. The molecule has 7 heteroatoms. The summed E-state index contributed by atoms with van der Waals surface area (Å²) >= 11 is 0. The van der Waals surface area contributed by atoms with Crippen molar-refractivity contribution in [1.82, 2.24) is 10.3 Å². The van der Waals surface area contributed by atoms with E-state index in [1.807, 2.05) is 37.3 Å². The van der Waals surface area contributed by atoms with Crippen LogP contribution in [-0.2, 0) is 4.79 Å². The molecule has 1 fully saturated rings. The first-order valence-corrected chi connectivity index (χ1v) is 8.28. The fourth-order valence-corrected chi connectivity index (χ4v) is 3.17. The van der Waals surface area contributed by atoms with Crippen molar-refractivity contribution in [3.8, 4) is 0 Å². The molecule has 0 spiro atoms. The van der Waals surface area contributed by atoms with Crippen LogP contribution >= 0.6 is 0 Å². The number of pyridine rings is 1. The number of amides is 2. The van der Waals surface area contributed by atoms with Crippen molar-refractivity contribution in [2.45, 2.75) is 32.4 Å². The van der Waals surface area contributed by atoms with E-state index >= 15 is 0 Å². The molecule has 1 aromatic carbocycles. The van der Waals surface area contributed by atoms with E-state index in [0.717, 1.165) is 5.69 Å². The Balaban J connectivity index is 1.75. The summed E-state index contributed by atoms with van der Waals surface area (Å²) in [6, 6.07) is 11.3. The lowest BCUT2D eigenvalue weighted by Crippen LogP contribution is -2.42. The van der Waals surface area contributed by atoms with E-state index in [9.17, 15) is 14.4 Å². The number of carbonyl (C=O) groups is 3. The van der Waals surface area contributed by atoms with Gasteiger partial charge in [0.1, 0.15) is 11.7 Å². The molecule has 7 nitrogen and oxygen atoms in total. The number of aromatic carboxylic acids is 1. The van der Waals surface area contributed by atoms with E-state index in [1.54, 1.807) is 4.90 Å². The molecule has 2 heterocycles. The molecule has 2 aromatic rings. The summed E-state index contributed by atoms with van der Waals surface area (Å²) in [5.74, 6) is -1.76. The third kappa shape index (κ3) is 3.28. The lowest BCUT2D eigenvalue weighted by atomic mass is 10.1. The van der Waals surface area contributed by atoms with Gasteiger partial charge in [0.15, 0.2) is 0 Å². The molecule has 3 rings (SSSR count). The molecule has 0 bridgehead atoms.